The molecule has 5 nitrogen and oxygen atoms in total. The Labute approximate surface area is 161 Å². The van der Waals surface area contributed by atoms with E-state index in [-0.39, 0.29) is 5.91 Å². The number of nitrogens with one attached hydrogen (secondary N) is 1. The number of rotatable bonds is 8. The molecule has 0 spiro atoms. The van der Waals surface area contributed by atoms with Gasteiger partial charge in [-0.25, -0.2) is 0 Å². The molecule has 0 atom stereocenters. The summed E-state index contributed by atoms with van der Waals surface area (Å²) in [5, 5.41) is 2.99. The Hall–Kier alpha value is -2.37. The van der Waals surface area contributed by atoms with Gasteiger partial charge in [0.15, 0.2) is 0 Å². The highest BCUT2D eigenvalue weighted by Crippen LogP contribution is 2.17. The lowest BCUT2D eigenvalue weighted by Crippen LogP contribution is -2.35. The number of benzene rings is 2. The van der Waals surface area contributed by atoms with Gasteiger partial charge in [-0.3, -0.25) is 9.69 Å². The first-order valence-electron chi connectivity index (χ1n) is 9.58. The Morgan fingerprint density at radius 1 is 1.15 bits per heavy atom. The summed E-state index contributed by atoms with van der Waals surface area (Å²) in [5.74, 6) is 0.903. The fourth-order valence-corrected chi connectivity index (χ4v) is 3.12. The topological polar surface area (TPSA) is 50.8 Å². The van der Waals surface area contributed by atoms with E-state index in [1.807, 2.05) is 43.3 Å². The van der Waals surface area contributed by atoms with Crippen molar-refractivity contribution in [2.75, 3.05) is 38.2 Å². The van der Waals surface area contributed by atoms with Gasteiger partial charge >= 0.3 is 0 Å². The summed E-state index contributed by atoms with van der Waals surface area (Å²) >= 11 is 0. The molecule has 0 radical (unpaired) electrons. The second-order valence-corrected chi connectivity index (χ2v) is 6.85. The number of aryl methyl sites for hydroxylation is 1. The molecular formula is C22H28N2O3. The lowest BCUT2D eigenvalue weighted by atomic mass is 10.1. The van der Waals surface area contributed by atoms with Gasteiger partial charge in [0.1, 0.15) is 5.75 Å². The van der Waals surface area contributed by atoms with Gasteiger partial charge in [0.05, 0.1) is 19.8 Å². The summed E-state index contributed by atoms with van der Waals surface area (Å²) in [6.07, 6.45) is 1.13. The van der Waals surface area contributed by atoms with E-state index in [1.54, 1.807) is 0 Å². The van der Waals surface area contributed by atoms with E-state index >= 15 is 0 Å². The number of ether oxygens (including phenoxy) is 2. The van der Waals surface area contributed by atoms with E-state index in [0.29, 0.717) is 19.4 Å². The van der Waals surface area contributed by atoms with Crippen molar-refractivity contribution < 1.29 is 14.3 Å². The average molecular weight is 368 g/mol. The molecule has 0 bridgehead atoms. The average Bonchev–Trinajstić information content (AvgIpc) is 2.68. The van der Waals surface area contributed by atoms with Crippen molar-refractivity contribution in [2.24, 2.45) is 0 Å². The van der Waals surface area contributed by atoms with Crippen molar-refractivity contribution >= 4 is 11.6 Å². The molecule has 1 N–H and O–H groups in total. The molecule has 1 saturated heterocycles. The van der Waals surface area contributed by atoms with Gasteiger partial charge in [0.2, 0.25) is 5.91 Å². The van der Waals surface area contributed by atoms with Crippen LogP contribution < -0.4 is 10.1 Å². The molecule has 0 unspecified atom stereocenters. The molecule has 0 aliphatic carbocycles. The van der Waals surface area contributed by atoms with Crippen LogP contribution in [0.1, 0.15) is 24.0 Å². The quantitative estimate of drug-likeness (QED) is 0.723. The van der Waals surface area contributed by atoms with Crippen molar-refractivity contribution in [1.29, 1.82) is 0 Å². The van der Waals surface area contributed by atoms with Crippen LogP contribution in [0.15, 0.2) is 48.5 Å². The highest BCUT2D eigenvalue weighted by molar-refractivity contribution is 5.90. The molecule has 1 aliphatic rings. The molecule has 1 heterocycles. The predicted octanol–water partition coefficient (Wildman–Crippen LogP) is 3.62. The number of amides is 1. The third-order valence-electron chi connectivity index (χ3n) is 4.62. The van der Waals surface area contributed by atoms with E-state index in [4.69, 9.17) is 9.47 Å². The monoisotopic (exact) mass is 368 g/mol. The minimum Gasteiger partial charge on any atom is -0.493 e. The molecule has 1 aliphatic heterocycles. The highest BCUT2D eigenvalue weighted by Gasteiger charge is 2.11. The van der Waals surface area contributed by atoms with Crippen LogP contribution in [0.3, 0.4) is 0 Å². The molecule has 1 amide bonds. The second-order valence-electron chi connectivity index (χ2n) is 6.85. The number of para-hydroxylation sites is 1. The summed E-state index contributed by atoms with van der Waals surface area (Å²) < 4.78 is 11.1. The van der Waals surface area contributed by atoms with Gasteiger partial charge in [0, 0.05) is 31.7 Å². The zero-order valence-corrected chi connectivity index (χ0v) is 15.9. The normalized spacial score (nSPS) is 14.7. The van der Waals surface area contributed by atoms with E-state index in [1.165, 1.54) is 5.56 Å². The van der Waals surface area contributed by atoms with Crippen LogP contribution in [0, 0.1) is 6.92 Å². The minimum atomic E-state index is 0.0203. The number of hydrogen-bond acceptors (Lipinski definition) is 4. The van der Waals surface area contributed by atoms with Gasteiger partial charge in [-0.05, 0) is 42.7 Å². The number of nitrogens with zero attached hydrogens (tertiary/aromatic N) is 1. The van der Waals surface area contributed by atoms with Crippen LogP contribution in [-0.2, 0) is 16.1 Å². The summed E-state index contributed by atoms with van der Waals surface area (Å²) in [6, 6.07) is 16.0. The van der Waals surface area contributed by atoms with Crippen molar-refractivity contribution in [3.63, 3.8) is 0 Å². The van der Waals surface area contributed by atoms with Crippen LogP contribution in [0.4, 0.5) is 5.69 Å². The predicted molar refractivity (Wildman–Crippen MR) is 107 cm³/mol. The summed E-state index contributed by atoms with van der Waals surface area (Å²) in [5.41, 5.74) is 3.17. The lowest BCUT2D eigenvalue weighted by molar-refractivity contribution is -0.116. The molecule has 0 aromatic heterocycles. The Morgan fingerprint density at radius 3 is 2.78 bits per heavy atom. The molecule has 2 aromatic carbocycles. The molecular weight excluding hydrogens is 340 g/mol. The van der Waals surface area contributed by atoms with Crippen molar-refractivity contribution in [2.45, 2.75) is 26.3 Å². The van der Waals surface area contributed by atoms with Gasteiger partial charge in [0.25, 0.3) is 0 Å². The zero-order chi connectivity index (χ0) is 18.9. The molecule has 144 valence electrons. The minimum absolute atomic E-state index is 0.0203. The maximum Gasteiger partial charge on any atom is 0.224 e. The lowest BCUT2D eigenvalue weighted by Gasteiger charge is -2.26. The fraction of sp³-hybridized carbons (Fsp3) is 0.409. The van der Waals surface area contributed by atoms with Gasteiger partial charge in [-0.1, -0.05) is 30.3 Å². The van der Waals surface area contributed by atoms with Crippen LogP contribution in [0.5, 0.6) is 5.75 Å². The van der Waals surface area contributed by atoms with Gasteiger partial charge in [-0.2, -0.15) is 0 Å². The number of anilines is 1. The van der Waals surface area contributed by atoms with E-state index in [9.17, 15) is 4.79 Å². The fourth-order valence-electron chi connectivity index (χ4n) is 3.12. The van der Waals surface area contributed by atoms with E-state index in [2.05, 4.69) is 22.3 Å². The third kappa shape index (κ3) is 6.38. The highest BCUT2D eigenvalue weighted by atomic mass is 16.5. The van der Waals surface area contributed by atoms with E-state index in [0.717, 1.165) is 49.8 Å². The van der Waals surface area contributed by atoms with Crippen LogP contribution in [0.2, 0.25) is 0 Å². The van der Waals surface area contributed by atoms with Crippen molar-refractivity contribution in [3.05, 3.63) is 59.7 Å². The van der Waals surface area contributed by atoms with Crippen LogP contribution in [0.25, 0.3) is 0 Å². The maximum absolute atomic E-state index is 12.2. The van der Waals surface area contributed by atoms with Crippen LogP contribution >= 0.6 is 0 Å². The second kappa shape index (κ2) is 10.1. The molecule has 1 fully saturated rings. The Morgan fingerprint density at radius 2 is 1.96 bits per heavy atom. The summed E-state index contributed by atoms with van der Waals surface area (Å²) in [4.78, 5) is 14.6. The largest absolute Gasteiger partial charge is 0.493 e. The number of hydrogen-bond donors (Lipinski definition) is 1. The summed E-state index contributed by atoms with van der Waals surface area (Å²) in [7, 11) is 0. The molecule has 27 heavy (non-hydrogen) atoms. The van der Waals surface area contributed by atoms with Gasteiger partial charge < -0.3 is 14.8 Å². The standard InChI is InChI=1S/C22H28N2O3/c1-18-6-2-3-9-21(18)27-13-5-10-22(25)23-20-8-4-7-19(16-20)17-24-11-14-26-15-12-24/h2-4,6-9,16H,5,10-15,17H2,1H3,(H,23,25). The molecule has 2 aromatic rings. The summed E-state index contributed by atoms with van der Waals surface area (Å²) in [6.45, 7) is 6.94. The number of carbonyl (C=O) groups excluding carboxylic acids is 1. The molecule has 5 heteroatoms. The Kier molecular flexibility index (Phi) is 7.25. The van der Waals surface area contributed by atoms with Crippen molar-refractivity contribution in [3.8, 4) is 5.75 Å². The first kappa shape index (κ1) is 19.4. The zero-order valence-electron chi connectivity index (χ0n) is 15.9. The van der Waals surface area contributed by atoms with E-state index < -0.39 is 0 Å². The third-order valence-corrected chi connectivity index (χ3v) is 4.62. The SMILES string of the molecule is Cc1ccccc1OCCCC(=O)Nc1cccc(CN2CCOCC2)c1. The number of morpholine rings is 1. The first-order chi connectivity index (χ1) is 13.2. The van der Waals surface area contributed by atoms with Crippen molar-refractivity contribution in [1.82, 2.24) is 4.90 Å². The Bertz CT molecular complexity index is 742. The molecule has 3 rings (SSSR count). The first-order valence-corrected chi connectivity index (χ1v) is 9.58. The smallest absolute Gasteiger partial charge is 0.224 e. The number of carbonyl (C=O) groups is 1. The van der Waals surface area contributed by atoms with Crippen LogP contribution in [-0.4, -0.2) is 43.7 Å². The maximum atomic E-state index is 12.2. The Balaban J connectivity index is 1.41. The molecule has 0 saturated carbocycles. The van der Waals surface area contributed by atoms with Gasteiger partial charge in [-0.15, -0.1) is 0 Å².